The molecule has 2 N–H and O–H groups in total. The molecule has 0 aliphatic rings. The molecule has 1 amide bonds. The van der Waals surface area contributed by atoms with Gasteiger partial charge < -0.3 is 10.4 Å². The highest BCUT2D eigenvalue weighted by Crippen LogP contribution is 2.13. The van der Waals surface area contributed by atoms with E-state index in [1.54, 1.807) is 6.92 Å². The summed E-state index contributed by atoms with van der Waals surface area (Å²) in [5.41, 5.74) is -0.0469. The molecule has 0 saturated heterocycles. The van der Waals surface area contributed by atoms with Crippen molar-refractivity contribution in [1.29, 1.82) is 0 Å². The second-order valence-electron chi connectivity index (χ2n) is 3.91. The van der Waals surface area contributed by atoms with Crippen LogP contribution in [0.2, 0.25) is 0 Å². The van der Waals surface area contributed by atoms with E-state index < -0.39 is 5.60 Å². The second kappa shape index (κ2) is 6.62. The summed E-state index contributed by atoms with van der Waals surface area (Å²) in [6.07, 6.45) is 4.04. The third-order valence-corrected chi connectivity index (χ3v) is 2.76. The molecule has 0 spiro atoms. The molecule has 0 rings (SSSR count). The average Bonchev–Trinajstić information content (AvgIpc) is 2.25. The monoisotopic (exact) mass is 213 g/mol. The zero-order valence-electron chi connectivity index (χ0n) is 10.3. The zero-order valence-corrected chi connectivity index (χ0v) is 10.3. The molecule has 15 heavy (non-hydrogen) atoms. The van der Waals surface area contributed by atoms with Crippen LogP contribution in [0.25, 0.3) is 0 Å². The number of hydrogen-bond donors (Lipinski definition) is 2. The van der Waals surface area contributed by atoms with Gasteiger partial charge in [0, 0.05) is 12.1 Å². The van der Waals surface area contributed by atoms with Crippen LogP contribution in [0, 0.1) is 0 Å². The lowest BCUT2D eigenvalue weighted by Gasteiger charge is -2.25. The van der Waals surface area contributed by atoms with E-state index in [-0.39, 0.29) is 5.91 Å². The molecular weight excluding hydrogens is 190 g/mol. The van der Waals surface area contributed by atoms with Crippen molar-refractivity contribution in [2.75, 3.05) is 6.54 Å². The van der Waals surface area contributed by atoms with Crippen LogP contribution < -0.4 is 5.32 Å². The number of nitrogens with one attached hydrogen (secondary N) is 1. The Morgan fingerprint density at radius 2 is 1.87 bits per heavy atom. The minimum Gasteiger partial charge on any atom is -0.388 e. The van der Waals surface area contributed by atoms with Crippen molar-refractivity contribution < 1.29 is 9.90 Å². The normalized spacial score (nSPS) is 12.7. The predicted molar refractivity (Wildman–Crippen MR) is 62.6 cm³/mol. The SMILES string of the molecule is CCC=C(C)C(=O)NCC(O)(CC)CC. The zero-order chi connectivity index (χ0) is 11.9. The number of carbonyl (C=O) groups excluding carboxylic acids is 1. The van der Waals surface area contributed by atoms with Gasteiger partial charge in [-0.25, -0.2) is 0 Å². The number of amides is 1. The van der Waals surface area contributed by atoms with Crippen LogP contribution in [0.5, 0.6) is 0 Å². The lowest BCUT2D eigenvalue weighted by Crippen LogP contribution is -2.42. The molecule has 0 aromatic carbocycles. The molecule has 0 bridgehead atoms. The third-order valence-electron chi connectivity index (χ3n) is 2.76. The Hall–Kier alpha value is -0.830. The lowest BCUT2D eigenvalue weighted by molar-refractivity contribution is -0.118. The largest absolute Gasteiger partial charge is 0.388 e. The fourth-order valence-electron chi connectivity index (χ4n) is 1.28. The molecule has 0 fully saturated rings. The maximum absolute atomic E-state index is 11.5. The van der Waals surface area contributed by atoms with Gasteiger partial charge in [-0.15, -0.1) is 0 Å². The Balaban J connectivity index is 4.16. The van der Waals surface area contributed by atoms with E-state index in [1.807, 2.05) is 26.8 Å². The molecule has 3 nitrogen and oxygen atoms in total. The van der Waals surface area contributed by atoms with Crippen molar-refractivity contribution in [3.05, 3.63) is 11.6 Å². The number of allylic oxidation sites excluding steroid dienone is 1. The van der Waals surface area contributed by atoms with Gasteiger partial charge in [0.05, 0.1) is 5.60 Å². The van der Waals surface area contributed by atoms with Crippen LogP contribution in [-0.4, -0.2) is 23.2 Å². The Labute approximate surface area is 92.6 Å². The first-order chi connectivity index (χ1) is 6.99. The van der Waals surface area contributed by atoms with Gasteiger partial charge in [-0.1, -0.05) is 26.8 Å². The van der Waals surface area contributed by atoms with Crippen LogP contribution in [0.3, 0.4) is 0 Å². The topological polar surface area (TPSA) is 49.3 Å². The first kappa shape index (κ1) is 14.2. The highest BCUT2D eigenvalue weighted by Gasteiger charge is 2.22. The first-order valence-corrected chi connectivity index (χ1v) is 5.66. The Bertz CT molecular complexity index is 230. The first-order valence-electron chi connectivity index (χ1n) is 5.66. The van der Waals surface area contributed by atoms with Crippen molar-refractivity contribution >= 4 is 5.91 Å². The van der Waals surface area contributed by atoms with Crippen molar-refractivity contribution in [2.24, 2.45) is 0 Å². The highest BCUT2D eigenvalue weighted by molar-refractivity contribution is 5.92. The van der Waals surface area contributed by atoms with Gasteiger partial charge in [0.25, 0.3) is 0 Å². The standard InChI is InChI=1S/C12H23NO2/c1-5-8-10(4)11(14)13-9-12(15,6-2)7-3/h8,15H,5-7,9H2,1-4H3,(H,13,14). The summed E-state index contributed by atoms with van der Waals surface area (Å²) < 4.78 is 0. The summed E-state index contributed by atoms with van der Waals surface area (Å²) in [5.74, 6) is -0.0859. The van der Waals surface area contributed by atoms with Crippen molar-refractivity contribution in [3.8, 4) is 0 Å². The summed E-state index contributed by atoms with van der Waals surface area (Å²) in [7, 11) is 0. The van der Waals surface area contributed by atoms with Crippen molar-refractivity contribution in [1.82, 2.24) is 5.32 Å². The van der Waals surface area contributed by atoms with E-state index in [4.69, 9.17) is 0 Å². The van der Waals surface area contributed by atoms with Crippen molar-refractivity contribution in [3.63, 3.8) is 0 Å². The number of aliphatic hydroxyl groups is 1. The summed E-state index contributed by atoms with van der Waals surface area (Å²) in [4.78, 5) is 11.5. The molecule has 0 aromatic rings. The van der Waals surface area contributed by atoms with Gasteiger partial charge >= 0.3 is 0 Å². The molecule has 3 heteroatoms. The molecule has 88 valence electrons. The van der Waals surface area contributed by atoms with Gasteiger partial charge in [-0.2, -0.15) is 0 Å². The van der Waals surface area contributed by atoms with E-state index in [0.717, 1.165) is 6.42 Å². The van der Waals surface area contributed by atoms with Gasteiger partial charge in [0.2, 0.25) is 5.91 Å². The fourth-order valence-corrected chi connectivity index (χ4v) is 1.28. The third kappa shape index (κ3) is 4.98. The molecular formula is C12H23NO2. The van der Waals surface area contributed by atoms with Gasteiger partial charge in [-0.3, -0.25) is 4.79 Å². The van der Waals surface area contributed by atoms with Crippen LogP contribution in [0.4, 0.5) is 0 Å². The molecule has 0 aromatic heterocycles. The minimum atomic E-state index is -0.762. The van der Waals surface area contributed by atoms with E-state index in [1.165, 1.54) is 0 Å². The smallest absolute Gasteiger partial charge is 0.246 e. The number of hydrogen-bond acceptors (Lipinski definition) is 2. The van der Waals surface area contributed by atoms with Gasteiger partial charge in [-0.05, 0) is 26.2 Å². The highest BCUT2D eigenvalue weighted by atomic mass is 16.3. The lowest BCUT2D eigenvalue weighted by atomic mass is 9.97. The molecule has 0 unspecified atom stereocenters. The van der Waals surface area contributed by atoms with E-state index >= 15 is 0 Å². The quantitative estimate of drug-likeness (QED) is 0.663. The summed E-state index contributed by atoms with van der Waals surface area (Å²) in [6, 6.07) is 0. The van der Waals surface area contributed by atoms with Gasteiger partial charge in [0.1, 0.15) is 0 Å². The predicted octanol–water partition coefficient (Wildman–Crippen LogP) is 2.01. The van der Waals surface area contributed by atoms with Crippen LogP contribution in [0.15, 0.2) is 11.6 Å². The second-order valence-corrected chi connectivity index (χ2v) is 3.91. The molecule has 0 heterocycles. The average molecular weight is 213 g/mol. The van der Waals surface area contributed by atoms with E-state index in [2.05, 4.69) is 5.32 Å². The fraction of sp³-hybridized carbons (Fsp3) is 0.750. The Morgan fingerprint density at radius 1 is 1.33 bits per heavy atom. The molecule has 0 saturated carbocycles. The van der Waals surface area contributed by atoms with E-state index in [0.29, 0.717) is 25.0 Å². The Morgan fingerprint density at radius 3 is 2.27 bits per heavy atom. The van der Waals surface area contributed by atoms with E-state index in [9.17, 15) is 9.90 Å². The van der Waals surface area contributed by atoms with Crippen LogP contribution >= 0.6 is 0 Å². The number of carbonyl (C=O) groups is 1. The molecule has 0 radical (unpaired) electrons. The maximum Gasteiger partial charge on any atom is 0.246 e. The molecule has 0 atom stereocenters. The van der Waals surface area contributed by atoms with Gasteiger partial charge in [0.15, 0.2) is 0 Å². The maximum atomic E-state index is 11.5. The summed E-state index contributed by atoms with van der Waals surface area (Å²) in [5, 5.41) is 12.7. The Kier molecular flexibility index (Phi) is 6.25. The van der Waals surface area contributed by atoms with Crippen LogP contribution in [0.1, 0.15) is 47.0 Å². The number of rotatable bonds is 6. The molecule has 0 aliphatic heterocycles. The summed E-state index contributed by atoms with van der Waals surface area (Å²) >= 11 is 0. The minimum absolute atomic E-state index is 0.0859. The summed E-state index contributed by atoms with van der Waals surface area (Å²) in [6.45, 7) is 7.95. The molecule has 0 aliphatic carbocycles. The van der Waals surface area contributed by atoms with Crippen LogP contribution in [-0.2, 0) is 4.79 Å². The van der Waals surface area contributed by atoms with Crippen molar-refractivity contribution in [2.45, 2.75) is 52.6 Å².